The average Bonchev–Trinajstić information content (AvgIpc) is 2.79. The standard InChI is InChI=1S/C25H21N3O3/c1-28(2)19-14-12-17(13-15-19)16-22(26-23(29)18-8-4-3-5-9-18)24-27-21-11-7-6-10-20(21)25(30)31-24/h3-16H,1-2H3,(H,26,29). The second-order valence-corrected chi connectivity index (χ2v) is 7.19. The first-order chi connectivity index (χ1) is 15.0. The molecule has 0 aliphatic rings. The number of rotatable bonds is 5. The van der Waals surface area contributed by atoms with Gasteiger partial charge in [0.1, 0.15) is 5.70 Å². The summed E-state index contributed by atoms with van der Waals surface area (Å²) in [7, 11) is 3.92. The highest BCUT2D eigenvalue weighted by atomic mass is 16.4. The second-order valence-electron chi connectivity index (χ2n) is 7.19. The summed E-state index contributed by atoms with van der Waals surface area (Å²) in [4.78, 5) is 31.7. The van der Waals surface area contributed by atoms with Gasteiger partial charge in [0.25, 0.3) is 5.91 Å². The molecule has 0 spiro atoms. The fourth-order valence-electron chi connectivity index (χ4n) is 3.10. The highest BCUT2D eigenvalue weighted by Crippen LogP contribution is 2.19. The van der Waals surface area contributed by atoms with Gasteiger partial charge in [0.15, 0.2) is 0 Å². The van der Waals surface area contributed by atoms with Crippen LogP contribution in [0.5, 0.6) is 0 Å². The van der Waals surface area contributed by atoms with E-state index in [0.717, 1.165) is 11.3 Å². The maximum Gasteiger partial charge on any atom is 0.347 e. The number of carbonyl (C=O) groups is 1. The molecule has 31 heavy (non-hydrogen) atoms. The number of benzene rings is 3. The minimum atomic E-state index is -0.511. The fraction of sp³-hybridized carbons (Fsp3) is 0.0800. The highest BCUT2D eigenvalue weighted by Gasteiger charge is 2.15. The van der Waals surface area contributed by atoms with E-state index in [0.29, 0.717) is 22.2 Å². The van der Waals surface area contributed by atoms with E-state index in [4.69, 9.17) is 4.42 Å². The second kappa shape index (κ2) is 8.67. The zero-order chi connectivity index (χ0) is 21.8. The van der Waals surface area contributed by atoms with Crippen molar-refractivity contribution in [2.75, 3.05) is 19.0 Å². The normalized spacial score (nSPS) is 11.4. The Kier molecular flexibility index (Phi) is 5.62. The van der Waals surface area contributed by atoms with Crippen LogP contribution in [0.15, 0.2) is 88.1 Å². The Labute approximate surface area is 179 Å². The first-order valence-electron chi connectivity index (χ1n) is 9.77. The molecule has 0 unspecified atom stereocenters. The van der Waals surface area contributed by atoms with Crippen molar-refractivity contribution in [2.45, 2.75) is 0 Å². The molecular weight excluding hydrogens is 390 g/mol. The van der Waals surface area contributed by atoms with Crippen LogP contribution in [0.25, 0.3) is 22.7 Å². The Bertz CT molecular complexity index is 1310. The summed E-state index contributed by atoms with van der Waals surface area (Å²) in [6.07, 6.45) is 1.74. The lowest BCUT2D eigenvalue weighted by atomic mass is 10.1. The summed E-state index contributed by atoms with van der Waals surface area (Å²) < 4.78 is 5.47. The number of aromatic nitrogens is 1. The third-order valence-corrected chi connectivity index (χ3v) is 4.77. The van der Waals surface area contributed by atoms with Crippen LogP contribution in [0.1, 0.15) is 21.8 Å². The van der Waals surface area contributed by atoms with E-state index >= 15 is 0 Å². The van der Waals surface area contributed by atoms with Crippen LogP contribution in [0, 0.1) is 0 Å². The van der Waals surface area contributed by atoms with Gasteiger partial charge in [-0.3, -0.25) is 4.79 Å². The monoisotopic (exact) mass is 411 g/mol. The molecule has 0 radical (unpaired) electrons. The zero-order valence-electron chi connectivity index (χ0n) is 17.2. The molecule has 154 valence electrons. The number of fused-ring (bicyclic) bond motifs is 1. The summed E-state index contributed by atoms with van der Waals surface area (Å²) in [5, 5.41) is 3.23. The van der Waals surface area contributed by atoms with Crippen molar-refractivity contribution in [3.8, 4) is 0 Å². The SMILES string of the molecule is CN(C)c1ccc(C=C(NC(=O)c2ccccc2)c2nc3ccccc3c(=O)o2)cc1. The van der Waals surface area contributed by atoms with Crippen LogP contribution in [0.4, 0.5) is 5.69 Å². The van der Waals surface area contributed by atoms with E-state index in [2.05, 4.69) is 10.3 Å². The maximum atomic E-state index is 12.8. The van der Waals surface area contributed by atoms with Gasteiger partial charge in [0.05, 0.1) is 10.9 Å². The molecule has 1 heterocycles. The number of nitrogens with zero attached hydrogens (tertiary/aromatic N) is 2. The number of para-hydroxylation sites is 1. The molecule has 1 amide bonds. The molecule has 4 rings (SSSR count). The molecule has 3 aromatic carbocycles. The van der Waals surface area contributed by atoms with Crippen LogP contribution >= 0.6 is 0 Å². The first-order valence-corrected chi connectivity index (χ1v) is 9.77. The van der Waals surface area contributed by atoms with E-state index < -0.39 is 5.63 Å². The molecule has 1 N–H and O–H groups in total. The summed E-state index contributed by atoms with van der Waals surface area (Å²) in [6.45, 7) is 0. The zero-order valence-corrected chi connectivity index (χ0v) is 17.2. The van der Waals surface area contributed by atoms with Gasteiger partial charge in [0, 0.05) is 25.3 Å². The molecular formula is C25H21N3O3. The molecule has 1 aromatic heterocycles. The van der Waals surface area contributed by atoms with Gasteiger partial charge in [-0.1, -0.05) is 42.5 Å². The van der Waals surface area contributed by atoms with E-state index in [1.165, 1.54) is 0 Å². The third kappa shape index (κ3) is 4.53. The summed E-state index contributed by atoms with van der Waals surface area (Å²) in [5.74, 6) is -0.279. The topological polar surface area (TPSA) is 75.4 Å². The minimum Gasteiger partial charge on any atom is -0.401 e. The lowest BCUT2D eigenvalue weighted by Gasteiger charge is -2.13. The van der Waals surface area contributed by atoms with Crippen LogP contribution in [0.3, 0.4) is 0 Å². The van der Waals surface area contributed by atoms with Gasteiger partial charge in [0.2, 0.25) is 5.89 Å². The Morgan fingerprint density at radius 3 is 2.32 bits per heavy atom. The average molecular weight is 411 g/mol. The number of anilines is 1. The fourth-order valence-corrected chi connectivity index (χ4v) is 3.10. The molecule has 4 aromatic rings. The molecule has 6 nitrogen and oxygen atoms in total. The first kappa shape index (κ1) is 20.1. The van der Waals surface area contributed by atoms with Crippen molar-refractivity contribution in [1.82, 2.24) is 10.3 Å². The van der Waals surface area contributed by atoms with Gasteiger partial charge in [-0.25, -0.2) is 9.78 Å². The van der Waals surface area contributed by atoms with Crippen LogP contribution in [-0.2, 0) is 0 Å². The number of carbonyl (C=O) groups excluding carboxylic acids is 1. The van der Waals surface area contributed by atoms with Crippen LogP contribution in [-0.4, -0.2) is 25.0 Å². The van der Waals surface area contributed by atoms with Crippen LogP contribution < -0.4 is 15.8 Å². The highest BCUT2D eigenvalue weighted by molar-refractivity contribution is 6.01. The number of nitrogens with one attached hydrogen (secondary N) is 1. The van der Waals surface area contributed by atoms with Gasteiger partial charge < -0.3 is 14.6 Å². The van der Waals surface area contributed by atoms with Crippen molar-refractivity contribution in [1.29, 1.82) is 0 Å². The smallest absolute Gasteiger partial charge is 0.347 e. The van der Waals surface area contributed by atoms with Crippen molar-refractivity contribution in [3.63, 3.8) is 0 Å². The maximum absolute atomic E-state index is 12.8. The largest absolute Gasteiger partial charge is 0.401 e. The Morgan fingerprint density at radius 2 is 1.61 bits per heavy atom. The Hall–Kier alpha value is -4.19. The number of hydrogen-bond donors (Lipinski definition) is 1. The molecule has 0 saturated carbocycles. The molecule has 6 heteroatoms. The van der Waals surface area contributed by atoms with Gasteiger partial charge in [-0.2, -0.15) is 0 Å². The number of amides is 1. The Balaban J connectivity index is 1.79. The van der Waals surface area contributed by atoms with E-state index in [9.17, 15) is 9.59 Å². The molecule has 0 atom stereocenters. The summed E-state index contributed by atoms with van der Waals surface area (Å²) >= 11 is 0. The van der Waals surface area contributed by atoms with Crippen molar-refractivity contribution in [2.24, 2.45) is 0 Å². The molecule has 0 bridgehead atoms. The molecule has 0 fully saturated rings. The van der Waals surface area contributed by atoms with Crippen LogP contribution in [0.2, 0.25) is 0 Å². The van der Waals surface area contributed by atoms with Gasteiger partial charge in [-0.05, 0) is 48.0 Å². The van der Waals surface area contributed by atoms with E-state index in [1.807, 2.05) is 49.3 Å². The predicted octanol–water partition coefficient (Wildman–Crippen LogP) is 4.18. The minimum absolute atomic E-state index is 0.0460. The van der Waals surface area contributed by atoms with Gasteiger partial charge >= 0.3 is 5.63 Å². The van der Waals surface area contributed by atoms with Crippen molar-refractivity contribution >= 4 is 34.3 Å². The quantitative estimate of drug-likeness (QED) is 0.533. The molecule has 0 aliphatic carbocycles. The van der Waals surface area contributed by atoms with E-state index in [1.54, 1.807) is 54.6 Å². The van der Waals surface area contributed by atoms with Crippen molar-refractivity contribution in [3.05, 3.63) is 106 Å². The lowest BCUT2D eigenvalue weighted by molar-refractivity contribution is 0.0973. The van der Waals surface area contributed by atoms with Crippen molar-refractivity contribution < 1.29 is 9.21 Å². The third-order valence-electron chi connectivity index (χ3n) is 4.77. The Morgan fingerprint density at radius 1 is 0.935 bits per heavy atom. The predicted molar refractivity (Wildman–Crippen MR) is 123 cm³/mol. The van der Waals surface area contributed by atoms with E-state index in [-0.39, 0.29) is 11.8 Å². The summed E-state index contributed by atoms with van der Waals surface area (Å²) in [6, 6.07) is 23.5. The molecule has 0 aliphatic heterocycles. The number of hydrogen-bond acceptors (Lipinski definition) is 5. The molecule has 0 saturated heterocycles. The summed E-state index contributed by atoms with van der Waals surface area (Å²) in [5.41, 5.74) is 2.64. The van der Waals surface area contributed by atoms with Gasteiger partial charge in [-0.15, -0.1) is 0 Å². The lowest BCUT2D eigenvalue weighted by Crippen LogP contribution is -2.23.